The highest BCUT2D eigenvalue weighted by atomic mass is 79.9. The van der Waals surface area contributed by atoms with Gasteiger partial charge in [0.2, 0.25) is 5.91 Å². The number of hydrogen-bond donors (Lipinski definition) is 2. The molecule has 0 spiro atoms. The normalized spacial score (nSPS) is 15.7. The van der Waals surface area contributed by atoms with Crippen LogP contribution in [0.1, 0.15) is 6.42 Å². The van der Waals surface area contributed by atoms with E-state index in [0.717, 1.165) is 6.42 Å². The number of halogens is 2. The van der Waals surface area contributed by atoms with Crippen LogP contribution in [-0.4, -0.2) is 35.2 Å². The van der Waals surface area contributed by atoms with Crippen molar-refractivity contribution in [2.45, 2.75) is 12.5 Å². The summed E-state index contributed by atoms with van der Waals surface area (Å²) in [5.41, 5.74) is 1.28. The SMILES string of the molecule is C=CC(=O)Nc1cc2c(Nc3ccc(Br)cc3F)ncnc2cc1O[C@@H]1CCOC1. The molecule has 1 amide bonds. The summed E-state index contributed by atoms with van der Waals surface area (Å²) in [5.74, 6) is 0.0449. The van der Waals surface area contributed by atoms with Gasteiger partial charge in [-0.25, -0.2) is 14.4 Å². The van der Waals surface area contributed by atoms with Gasteiger partial charge in [0, 0.05) is 22.3 Å². The van der Waals surface area contributed by atoms with E-state index in [4.69, 9.17) is 9.47 Å². The number of benzene rings is 2. The summed E-state index contributed by atoms with van der Waals surface area (Å²) in [6, 6.07) is 8.10. The van der Waals surface area contributed by atoms with E-state index in [-0.39, 0.29) is 17.7 Å². The molecular weight excluding hydrogens is 455 g/mol. The van der Waals surface area contributed by atoms with Crippen LogP contribution in [-0.2, 0) is 9.53 Å². The molecule has 0 bridgehead atoms. The van der Waals surface area contributed by atoms with Crippen molar-refractivity contribution in [2.24, 2.45) is 0 Å². The number of nitrogens with one attached hydrogen (secondary N) is 2. The molecule has 7 nitrogen and oxygen atoms in total. The highest BCUT2D eigenvalue weighted by Gasteiger charge is 2.20. The second-order valence-corrected chi connectivity index (χ2v) is 7.55. The van der Waals surface area contributed by atoms with Gasteiger partial charge >= 0.3 is 0 Å². The molecular formula is C21H18BrFN4O3. The summed E-state index contributed by atoms with van der Waals surface area (Å²) in [5, 5.41) is 6.33. The van der Waals surface area contributed by atoms with Crippen molar-refractivity contribution in [2.75, 3.05) is 23.8 Å². The summed E-state index contributed by atoms with van der Waals surface area (Å²) >= 11 is 3.24. The van der Waals surface area contributed by atoms with Crippen molar-refractivity contribution >= 4 is 49.9 Å². The zero-order chi connectivity index (χ0) is 21.1. The monoisotopic (exact) mass is 472 g/mol. The van der Waals surface area contributed by atoms with Gasteiger partial charge in [0.25, 0.3) is 0 Å². The number of carbonyl (C=O) groups excluding carboxylic acids is 1. The Hall–Kier alpha value is -3.04. The molecule has 0 radical (unpaired) electrons. The van der Waals surface area contributed by atoms with Crippen LogP contribution in [0.5, 0.6) is 5.75 Å². The lowest BCUT2D eigenvalue weighted by atomic mass is 10.1. The average molecular weight is 473 g/mol. The van der Waals surface area contributed by atoms with Gasteiger partial charge in [-0.2, -0.15) is 0 Å². The fourth-order valence-corrected chi connectivity index (χ4v) is 3.40. The molecule has 30 heavy (non-hydrogen) atoms. The Kier molecular flexibility index (Phi) is 5.91. The molecule has 1 aliphatic rings. The molecule has 0 aliphatic carbocycles. The summed E-state index contributed by atoms with van der Waals surface area (Å²) in [6.07, 6.45) is 3.20. The fourth-order valence-electron chi connectivity index (χ4n) is 3.07. The summed E-state index contributed by atoms with van der Waals surface area (Å²) in [7, 11) is 0. The molecule has 154 valence electrons. The lowest BCUT2D eigenvalue weighted by molar-refractivity contribution is -0.111. The van der Waals surface area contributed by atoms with Gasteiger partial charge in [0.05, 0.1) is 30.1 Å². The molecule has 3 aromatic rings. The fraction of sp³-hybridized carbons (Fsp3) is 0.190. The maximum absolute atomic E-state index is 14.3. The number of anilines is 3. The molecule has 1 fully saturated rings. The van der Waals surface area contributed by atoms with E-state index >= 15 is 0 Å². The van der Waals surface area contributed by atoms with Gasteiger partial charge in [-0.05, 0) is 30.3 Å². The first kappa shape index (κ1) is 20.2. The molecule has 1 atom stereocenters. The molecule has 1 aromatic heterocycles. The van der Waals surface area contributed by atoms with E-state index in [0.29, 0.717) is 45.8 Å². The Labute approximate surface area is 180 Å². The van der Waals surface area contributed by atoms with Gasteiger partial charge in [-0.3, -0.25) is 4.79 Å². The number of fused-ring (bicyclic) bond motifs is 1. The third kappa shape index (κ3) is 4.42. The van der Waals surface area contributed by atoms with Crippen LogP contribution in [0.4, 0.5) is 21.6 Å². The van der Waals surface area contributed by atoms with Crippen molar-refractivity contribution in [1.29, 1.82) is 0 Å². The second-order valence-electron chi connectivity index (χ2n) is 6.63. The molecule has 0 unspecified atom stereocenters. The lowest BCUT2D eigenvalue weighted by Gasteiger charge is -2.17. The van der Waals surface area contributed by atoms with Crippen molar-refractivity contribution in [3.05, 3.63) is 59.6 Å². The largest absolute Gasteiger partial charge is 0.486 e. The first-order valence-electron chi connectivity index (χ1n) is 9.22. The molecule has 4 rings (SSSR count). The highest BCUT2D eigenvalue weighted by Crippen LogP contribution is 2.35. The van der Waals surface area contributed by atoms with Gasteiger partial charge in [-0.1, -0.05) is 22.5 Å². The first-order chi connectivity index (χ1) is 14.5. The van der Waals surface area contributed by atoms with Crippen molar-refractivity contribution in [3.8, 4) is 5.75 Å². The zero-order valence-electron chi connectivity index (χ0n) is 15.8. The standard InChI is InChI=1S/C21H18BrFN4O3/c1-2-20(28)26-18-8-14-17(9-19(18)30-13-5-6-29-10-13)24-11-25-21(14)27-16-4-3-12(22)7-15(16)23/h2-4,7-9,11,13H,1,5-6,10H2,(H,26,28)(H,24,25,27)/t13-/m1/s1. The van der Waals surface area contributed by atoms with E-state index in [2.05, 4.69) is 43.1 Å². The van der Waals surface area contributed by atoms with Crippen LogP contribution in [0, 0.1) is 5.82 Å². The smallest absolute Gasteiger partial charge is 0.247 e. The quantitative estimate of drug-likeness (QED) is 0.511. The Morgan fingerprint density at radius 3 is 2.90 bits per heavy atom. The van der Waals surface area contributed by atoms with Crippen molar-refractivity contribution in [1.82, 2.24) is 9.97 Å². The second kappa shape index (κ2) is 8.76. The molecule has 2 aromatic carbocycles. The number of ether oxygens (including phenoxy) is 2. The Bertz CT molecular complexity index is 1120. The molecule has 0 saturated carbocycles. The minimum atomic E-state index is -0.433. The van der Waals surface area contributed by atoms with Gasteiger partial charge in [0.1, 0.15) is 29.8 Å². The number of aromatic nitrogens is 2. The molecule has 1 aliphatic heterocycles. The third-order valence-corrected chi connectivity index (χ3v) is 5.04. The summed E-state index contributed by atoms with van der Waals surface area (Å²) in [4.78, 5) is 20.5. The number of amides is 1. The summed E-state index contributed by atoms with van der Waals surface area (Å²) in [6.45, 7) is 4.59. The zero-order valence-corrected chi connectivity index (χ0v) is 17.4. The average Bonchev–Trinajstić information content (AvgIpc) is 3.24. The van der Waals surface area contributed by atoms with E-state index in [1.54, 1.807) is 24.3 Å². The molecule has 2 N–H and O–H groups in total. The molecule has 1 saturated heterocycles. The number of carbonyl (C=O) groups is 1. The van der Waals surface area contributed by atoms with Crippen LogP contribution >= 0.6 is 15.9 Å². The maximum Gasteiger partial charge on any atom is 0.247 e. The Morgan fingerprint density at radius 1 is 1.30 bits per heavy atom. The third-order valence-electron chi connectivity index (χ3n) is 4.55. The van der Waals surface area contributed by atoms with Gasteiger partial charge in [0.15, 0.2) is 0 Å². The van der Waals surface area contributed by atoms with E-state index in [1.165, 1.54) is 18.5 Å². The predicted molar refractivity (Wildman–Crippen MR) is 116 cm³/mol. The summed E-state index contributed by atoms with van der Waals surface area (Å²) < 4.78 is 26.3. The topological polar surface area (TPSA) is 85.4 Å². The van der Waals surface area contributed by atoms with Crippen LogP contribution < -0.4 is 15.4 Å². The first-order valence-corrected chi connectivity index (χ1v) is 10.0. The van der Waals surface area contributed by atoms with Crippen LogP contribution in [0.15, 0.2) is 53.8 Å². The maximum atomic E-state index is 14.3. The van der Waals surface area contributed by atoms with Crippen LogP contribution in [0.3, 0.4) is 0 Å². The molecule has 2 heterocycles. The van der Waals surface area contributed by atoms with Gasteiger partial charge < -0.3 is 20.1 Å². The van der Waals surface area contributed by atoms with E-state index in [1.807, 2.05) is 0 Å². The highest BCUT2D eigenvalue weighted by molar-refractivity contribution is 9.10. The van der Waals surface area contributed by atoms with Crippen LogP contribution in [0.2, 0.25) is 0 Å². The van der Waals surface area contributed by atoms with Crippen molar-refractivity contribution in [3.63, 3.8) is 0 Å². The number of rotatable bonds is 6. The predicted octanol–water partition coefficient (Wildman–Crippen LogP) is 4.57. The Morgan fingerprint density at radius 2 is 2.17 bits per heavy atom. The van der Waals surface area contributed by atoms with Gasteiger partial charge in [-0.15, -0.1) is 0 Å². The van der Waals surface area contributed by atoms with E-state index in [9.17, 15) is 9.18 Å². The number of nitrogens with zero attached hydrogens (tertiary/aromatic N) is 2. The minimum absolute atomic E-state index is 0.113. The van der Waals surface area contributed by atoms with E-state index < -0.39 is 5.82 Å². The molecule has 9 heteroatoms. The Balaban J connectivity index is 1.75. The van der Waals surface area contributed by atoms with Crippen molar-refractivity contribution < 1.29 is 18.7 Å². The number of hydrogen-bond acceptors (Lipinski definition) is 6. The van der Waals surface area contributed by atoms with Crippen LogP contribution in [0.25, 0.3) is 10.9 Å². The minimum Gasteiger partial charge on any atom is -0.486 e. The lowest BCUT2D eigenvalue weighted by Crippen LogP contribution is -2.18.